The summed E-state index contributed by atoms with van der Waals surface area (Å²) in [4.78, 5) is 22.3. The molecule has 0 fully saturated rings. The number of benzene rings is 1. The fourth-order valence-corrected chi connectivity index (χ4v) is 1.55. The first-order valence-corrected chi connectivity index (χ1v) is 5.64. The number of carbonyl (C=O) groups excluding carboxylic acids is 2. The molecule has 0 atom stereocenters. The van der Waals surface area contributed by atoms with Crippen molar-refractivity contribution in [3.8, 4) is 11.8 Å². The normalized spacial score (nSPS) is 9.95. The second kappa shape index (κ2) is 7.19. The van der Waals surface area contributed by atoms with E-state index in [1.54, 1.807) is 13.0 Å². The molecule has 1 aromatic carbocycles. The van der Waals surface area contributed by atoms with E-state index in [-0.39, 0.29) is 35.5 Å². The van der Waals surface area contributed by atoms with E-state index in [0.29, 0.717) is 6.29 Å². The molecule has 0 amide bonds. The van der Waals surface area contributed by atoms with E-state index in [2.05, 4.69) is 4.74 Å². The van der Waals surface area contributed by atoms with Crippen LogP contribution in [0.4, 0.5) is 8.78 Å². The Kier molecular flexibility index (Phi) is 5.59. The van der Waals surface area contributed by atoms with Gasteiger partial charge in [-0.3, -0.25) is 9.59 Å². The highest BCUT2D eigenvalue weighted by Gasteiger charge is 2.16. The van der Waals surface area contributed by atoms with E-state index >= 15 is 0 Å². The van der Waals surface area contributed by atoms with Gasteiger partial charge in [0.1, 0.15) is 18.1 Å². The molecular weight excluding hydrogens is 272 g/mol. The minimum atomic E-state index is -3.11. The molecule has 5 nitrogen and oxygen atoms in total. The van der Waals surface area contributed by atoms with E-state index in [9.17, 15) is 18.4 Å². The van der Waals surface area contributed by atoms with Crippen molar-refractivity contribution >= 4 is 12.3 Å². The number of carbonyl (C=O) groups is 2. The number of hydrogen-bond donors (Lipinski definition) is 0. The molecular formula is C13H11F2NO4. The molecule has 106 valence electrons. The Morgan fingerprint density at radius 3 is 2.70 bits per heavy atom. The van der Waals surface area contributed by atoms with Crippen LogP contribution >= 0.6 is 0 Å². The van der Waals surface area contributed by atoms with Crippen LogP contribution in [0.3, 0.4) is 0 Å². The Hall–Kier alpha value is -2.49. The van der Waals surface area contributed by atoms with Gasteiger partial charge in [0.2, 0.25) is 0 Å². The standard InChI is InChI=1S/C13H11F2NO4/c1-2-19-12(18)5-8-4-11(20-13(14)15)9(6-16)3-10(8)7-17/h3-4,7,13H,2,5H2,1H3. The zero-order valence-corrected chi connectivity index (χ0v) is 10.6. The first-order chi connectivity index (χ1) is 9.51. The third-order valence-corrected chi connectivity index (χ3v) is 2.35. The molecule has 20 heavy (non-hydrogen) atoms. The highest BCUT2D eigenvalue weighted by atomic mass is 19.3. The van der Waals surface area contributed by atoms with Gasteiger partial charge in [0.15, 0.2) is 0 Å². The van der Waals surface area contributed by atoms with Crippen molar-refractivity contribution in [2.45, 2.75) is 20.0 Å². The summed E-state index contributed by atoms with van der Waals surface area (Å²) >= 11 is 0. The van der Waals surface area contributed by atoms with Gasteiger partial charge in [-0.25, -0.2) is 0 Å². The molecule has 7 heteroatoms. The second-order valence-corrected chi connectivity index (χ2v) is 3.64. The van der Waals surface area contributed by atoms with Crippen molar-refractivity contribution in [3.63, 3.8) is 0 Å². The fraction of sp³-hybridized carbons (Fsp3) is 0.308. The molecule has 0 N–H and O–H groups in total. The summed E-state index contributed by atoms with van der Waals surface area (Å²) in [5.41, 5.74) is 0.00401. The quantitative estimate of drug-likeness (QED) is 0.590. The van der Waals surface area contributed by atoms with Gasteiger partial charge in [0, 0.05) is 5.56 Å². The van der Waals surface area contributed by atoms with Crippen LogP contribution in [0, 0.1) is 11.3 Å². The molecule has 0 spiro atoms. The number of ether oxygens (including phenoxy) is 2. The van der Waals surface area contributed by atoms with Crippen LogP contribution in [0.5, 0.6) is 5.75 Å². The number of aldehydes is 1. The van der Waals surface area contributed by atoms with Gasteiger partial charge in [0.05, 0.1) is 18.6 Å². The highest BCUT2D eigenvalue weighted by Crippen LogP contribution is 2.25. The van der Waals surface area contributed by atoms with Crippen molar-refractivity contribution in [2.75, 3.05) is 6.61 Å². The molecule has 1 aromatic rings. The molecule has 0 aliphatic carbocycles. The largest absolute Gasteiger partial charge is 0.466 e. The summed E-state index contributed by atoms with van der Waals surface area (Å²) in [6, 6.07) is 3.82. The number of nitrogens with zero attached hydrogens (tertiary/aromatic N) is 1. The zero-order valence-electron chi connectivity index (χ0n) is 10.6. The lowest BCUT2D eigenvalue weighted by Gasteiger charge is -2.11. The van der Waals surface area contributed by atoms with E-state index in [0.717, 1.165) is 12.1 Å². The molecule has 0 aromatic heterocycles. The van der Waals surface area contributed by atoms with E-state index < -0.39 is 12.6 Å². The summed E-state index contributed by atoms with van der Waals surface area (Å²) in [6.07, 6.45) is 0.161. The third kappa shape index (κ3) is 4.02. The Balaban J connectivity index is 3.18. The molecule has 0 saturated heterocycles. The SMILES string of the molecule is CCOC(=O)Cc1cc(OC(F)F)c(C#N)cc1C=O. The molecule has 0 bridgehead atoms. The first kappa shape index (κ1) is 15.6. The predicted octanol–water partition coefficient (Wildman–Crippen LogP) is 2.08. The average molecular weight is 283 g/mol. The van der Waals surface area contributed by atoms with Crippen LogP contribution in [0.25, 0.3) is 0 Å². The Morgan fingerprint density at radius 1 is 1.50 bits per heavy atom. The van der Waals surface area contributed by atoms with Gasteiger partial charge in [-0.15, -0.1) is 0 Å². The number of alkyl halides is 2. The van der Waals surface area contributed by atoms with Crippen molar-refractivity contribution in [2.24, 2.45) is 0 Å². The lowest BCUT2D eigenvalue weighted by Crippen LogP contribution is -2.11. The van der Waals surface area contributed by atoms with E-state index in [1.807, 2.05) is 0 Å². The van der Waals surface area contributed by atoms with Gasteiger partial charge in [-0.2, -0.15) is 14.0 Å². The van der Waals surface area contributed by atoms with Gasteiger partial charge in [-0.05, 0) is 24.6 Å². The minimum Gasteiger partial charge on any atom is -0.466 e. The van der Waals surface area contributed by atoms with Crippen LogP contribution < -0.4 is 4.74 Å². The first-order valence-electron chi connectivity index (χ1n) is 5.64. The van der Waals surface area contributed by atoms with Crippen molar-refractivity contribution < 1.29 is 27.8 Å². The second-order valence-electron chi connectivity index (χ2n) is 3.64. The van der Waals surface area contributed by atoms with Gasteiger partial charge < -0.3 is 9.47 Å². The maximum absolute atomic E-state index is 12.2. The summed E-state index contributed by atoms with van der Waals surface area (Å²) in [7, 11) is 0. The number of rotatable bonds is 6. The zero-order chi connectivity index (χ0) is 15.1. The monoisotopic (exact) mass is 283 g/mol. The lowest BCUT2D eigenvalue weighted by molar-refractivity contribution is -0.142. The number of nitriles is 1. The Bertz CT molecular complexity index is 552. The van der Waals surface area contributed by atoms with Gasteiger partial charge in [-0.1, -0.05) is 0 Å². The third-order valence-electron chi connectivity index (χ3n) is 2.35. The summed E-state index contributed by atoms with van der Waals surface area (Å²) < 4.78 is 33.4. The van der Waals surface area contributed by atoms with E-state index in [4.69, 9.17) is 10.00 Å². The van der Waals surface area contributed by atoms with E-state index in [1.165, 1.54) is 0 Å². The molecule has 0 unspecified atom stereocenters. The molecule has 0 heterocycles. The van der Waals surface area contributed by atoms with Crippen molar-refractivity contribution in [1.82, 2.24) is 0 Å². The smallest absolute Gasteiger partial charge is 0.387 e. The Labute approximate surface area is 113 Å². The maximum Gasteiger partial charge on any atom is 0.387 e. The molecule has 1 rings (SSSR count). The summed E-state index contributed by atoms with van der Waals surface area (Å²) in [6.45, 7) is -1.34. The summed E-state index contributed by atoms with van der Waals surface area (Å²) in [5.74, 6) is -0.990. The van der Waals surface area contributed by atoms with Crippen LogP contribution in [0.2, 0.25) is 0 Å². The molecule has 0 radical (unpaired) electrons. The van der Waals surface area contributed by atoms with Crippen molar-refractivity contribution in [1.29, 1.82) is 5.26 Å². The topological polar surface area (TPSA) is 76.4 Å². The summed E-state index contributed by atoms with van der Waals surface area (Å²) in [5, 5.41) is 8.83. The molecule has 0 saturated carbocycles. The van der Waals surface area contributed by atoms with Crippen LogP contribution in [-0.2, 0) is 16.0 Å². The number of hydrogen-bond acceptors (Lipinski definition) is 5. The van der Waals surface area contributed by atoms with Crippen LogP contribution in [-0.4, -0.2) is 25.5 Å². The molecule has 0 aliphatic rings. The van der Waals surface area contributed by atoms with Crippen LogP contribution in [0.1, 0.15) is 28.4 Å². The Morgan fingerprint density at radius 2 is 2.20 bits per heavy atom. The van der Waals surface area contributed by atoms with Crippen molar-refractivity contribution in [3.05, 3.63) is 28.8 Å². The maximum atomic E-state index is 12.2. The molecule has 0 aliphatic heterocycles. The fourth-order valence-electron chi connectivity index (χ4n) is 1.55. The number of esters is 1. The van der Waals surface area contributed by atoms with Crippen LogP contribution in [0.15, 0.2) is 12.1 Å². The number of halogens is 2. The van der Waals surface area contributed by atoms with Gasteiger partial charge in [0.25, 0.3) is 0 Å². The minimum absolute atomic E-state index is 0.0521. The van der Waals surface area contributed by atoms with Gasteiger partial charge >= 0.3 is 12.6 Å². The lowest BCUT2D eigenvalue weighted by atomic mass is 10.0. The average Bonchev–Trinajstić information content (AvgIpc) is 2.38. The highest BCUT2D eigenvalue weighted by molar-refractivity contribution is 5.83. The predicted molar refractivity (Wildman–Crippen MR) is 63.5 cm³/mol.